The maximum Gasteiger partial charge on any atom is 0.253 e. The molecule has 8 heteroatoms. The van der Waals surface area contributed by atoms with Gasteiger partial charge in [-0.25, -0.2) is 4.68 Å². The number of hydrogen-bond donors (Lipinski definition) is 1. The molecule has 1 heterocycles. The van der Waals surface area contributed by atoms with Crippen LogP contribution in [-0.4, -0.2) is 46.9 Å². The van der Waals surface area contributed by atoms with Gasteiger partial charge < -0.3 is 15.5 Å². The lowest BCUT2D eigenvalue weighted by atomic mass is 10.1. The number of ether oxygens (including phenoxy) is 1. The SMILES string of the molecule is COc1ccc(-c2nnc(SCc3ccc(C(=O)N(C)C)cc3)n2N)cc1. The van der Waals surface area contributed by atoms with E-state index in [0.29, 0.717) is 22.3 Å². The quantitative estimate of drug-likeness (QED) is 0.520. The van der Waals surface area contributed by atoms with E-state index in [0.717, 1.165) is 16.9 Å². The standard InChI is InChI=1S/C19H21N5O2S/c1-23(2)18(25)15-6-4-13(5-7-15)12-27-19-22-21-17(24(19)20)14-8-10-16(26-3)11-9-14/h4-11H,12,20H2,1-3H3. The van der Waals surface area contributed by atoms with Gasteiger partial charge in [0.1, 0.15) is 5.75 Å². The monoisotopic (exact) mass is 383 g/mol. The highest BCUT2D eigenvalue weighted by Gasteiger charge is 2.13. The Morgan fingerprint density at radius 3 is 2.37 bits per heavy atom. The highest BCUT2D eigenvalue weighted by atomic mass is 32.2. The Balaban J connectivity index is 1.68. The summed E-state index contributed by atoms with van der Waals surface area (Å²) in [4.78, 5) is 13.5. The number of nitrogens with two attached hydrogens (primary N) is 1. The van der Waals surface area contributed by atoms with Gasteiger partial charge in [0, 0.05) is 31.0 Å². The third kappa shape index (κ3) is 4.22. The fraction of sp³-hybridized carbons (Fsp3) is 0.211. The van der Waals surface area contributed by atoms with E-state index in [4.69, 9.17) is 10.6 Å². The number of thioether (sulfide) groups is 1. The second-order valence-corrected chi connectivity index (χ2v) is 7.03. The lowest BCUT2D eigenvalue weighted by molar-refractivity contribution is 0.0827. The molecular weight excluding hydrogens is 362 g/mol. The predicted octanol–water partition coefficient (Wildman–Crippen LogP) is 2.66. The summed E-state index contributed by atoms with van der Waals surface area (Å²) in [6, 6.07) is 15.0. The molecule has 1 amide bonds. The van der Waals surface area contributed by atoms with Crippen LogP contribution in [-0.2, 0) is 5.75 Å². The summed E-state index contributed by atoms with van der Waals surface area (Å²) in [7, 11) is 5.10. The Kier molecular flexibility index (Phi) is 5.66. The highest BCUT2D eigenvalue weighted by Crippen LogP contribution is 2.25. The molecule has 0 aliphatic carbocycles. The third-order valence-corrected chi connectivity index (χ3v) is 5.00. The molecule has 0 radical (unpaired) electrons. The van der Waals surface area contributed by atoms with E-state index in [2.05, 4.69) is 10.2 Å². The van der Waals surface area contributed by atoms with Crippen LogP contribution in [0.3, 0.4) is 0 Å². The van der Waals surface area contributed by atoms with E-state index in [9.17, 15) is 4.79 Å². The van der Waals surface area contributed by atoms with E-state index in [1.54, 1.807) is 26.1 Å². The van der Waals surface area contributed by atoms with Crippen molar-refractivity contribution >= 4 is 17.7 Å². The maximum absolute atomic E-state index is 11.9. The Bertz CT molecular complexity index is 920. The molecule has 0 spiro atoms. The summed E-state index contributed by atoms with van der Waals surface area (Å²) in [6.07, 6.45) is 0. The first kappa shape index (κ1) is 18.8. The zero-order valence-electron chi connectivity index (χ0n) is 15.4. The number of methoxy groups -OCH3 is 1. The molecule has 2 aromatic carbocycles. The fourth-order valence-corrected chi connectivity index (χ4v) is 3.27. The van der Waals surface area contributed by atoms with Crippen LogP contribution in [0, 0.1) is 0 Å². The molecule has 1 aromatic heterocycles. The van der Waals surface area contributed by atoms with Gasteiger partial charge in [0.15, 0.2) is 5.82 Å². The molecule has 3 aromatic rings. The van der Waals surface area contributed by atoms with E-state index in [1.165, 1.54) is 16.4 Å². The van der Waals surface area contributed by atoms with Crippen molar-refractivity contribution in [3.05, 3.63) is 59.7 Å². The van der Waals surface area contributed by atoms with E-state index >= 15 is 0 Å². The summed E-state index contributed by atoms with van der Waals surface area (Å²) < 4.78 is 6.64. The lowest BCUT2D eigenvalue weighted by Gasteiger charge is -2.10. The molecule has 0 aliphatic rings. The van der Waals surface area contributed by atoms with Gasteiger partial charge in [0.25, 0.3) is 5.91 Å². The molecule has 0 fully saturated rings. The Hall–Kier alpha value is -3.00. The van der Waals surface area contributed by atoms with Gasteiger partial charge in [-0.1, -0.05) is 23.9 Å². The van der Waals surface area contributed by atoms with Crippen molar-refractivity contribution in [2.75, 3.05) is 27.0 Å². The van der Waals surface area contributed by atoms with Crippen molar-refractivity contribution < 1.29 is 9.53 Å². The molecule has 140 valence electrons. The van der Waals surface area contributed by atoms with Crippen LogP contribution in [0.2, 0.25) is 0 Å². The molecule has 7 nitrogen and oxygen atoms in total. The van der Waals surface area contributed by atoms with Crippen molar-refractivity contribution in [3.63, 3.8) is 0 Å². The molecule has 0 aliphatic heterocycles. The van der Waals surface area contributed by atoms with Crippen LogP contribution >= 0.6 is 11.8 Å². The molecule has 2 N–H and O–H groups in total. The number of nitrogens with zero attached hydrogens (tertiary/aromatic N) is 4. The number of carbonyl (C=O) groups excluding carboxylic acids is 1. The van der Waals surface area contributed by atoms with Crippen LogP contribution < -0.4 is 10.6 Å². The highest BCUT2D eigenvalue weighted by molar-refractivity contribution is 7.98. The molecule has 0 bridgehead atoms. The summed E-state index contributed by atoms with van der Waals surface area (Å²) >= 11 is 1.49. The molecule has 27 heavy (non-hydrogen) atoms. The zero-order chi connectivity index (χ0) is 19.4. The van der Waals surface area contributed by atoms with Gasteiger partial charge in [0.05, 0.1) is 7.11 Å². The second-order valence-electron chi connectivity index (χ2n) is 6.09. The van der Waals surface area contributed by atoms with Crippen molar-refractivity contribution in [2.45, 2.75) is 10.9 Å². The first-order valence-corrected chi connectivity index (χ1v) is 9.26. The Morgan fingerprint density at radius 1 is 1.11 bits per heavy atom. The van der Waals surface area contributed by atoms with Gasteiger partial charge in [-0.05, 0) is 42.0 Å². The van der Waals surface area contributed by atoms with Crippen LogP contribution in [0.5, 0.6) is 5.75 Å². The summed E-state index contributed by atoms with van der Waals surface area (Å²) in [6.45, 7) is 0. The smallest absolute Gasteiger partial charge is 0.253 e. The van der Waals surface area contributed by atoms with Crippen LogP contribution in [0.15, 0.2) is 53.7 Å². The Labute approximate surface area is 162 Å². The largest absolute Gasteiger partial charge is 0.497 e. The zero-order valence-corrected chi connectivity index (χ0v) is 16.2. The topological polar surface area (TPSA) is 86.3 Å². The summed E-state index contributed by atoms with van der Waals surface area (Å²) in [5.41, 5.74) is 2.60. The van der Waals surface area contributed by atoms with E-state index in [-0.39, 0.29) is 5.91 Å². The summed E-state index contributed by atoms with van der Waals surface area (Å²) in [5, 5.41) is 8.98. The van der Waals surface area contributed by atoms with E-state index < -0.39 is 0 Å². The predicted molar refractivity (Wildman–Crippen MR) is 106 cm³/mol. The molecule has 0 atom stereocenters. The van der Waals surface area contributed by atoms with Crippen molar-refractivity contribution in [2.24, 2.45) is 0 Å². The van der Waals surface area contributed by atoms with Gasteiger partial charge in [0.2, 0.25) is 5.16 Å². The fourth-order valence-electron chi connectivity index (χ4n) is 2.46. The number of amides is 1. The van der Waals surface area contributed by atoms with Crippen molar-refractivity contribution in [3.8, 4) is 17.1 Å². The summed E-state index contributed by atoms with van der Waals surface area (Å²) in [5.74, 6) is 8.18. The van der Waals surface area contributed by atoms with Crippen molar-refractivity contribution in [1.29, 1.82) is 0 Å². The average molecular weight is 383 g/mol. The lowest BCUT2D eigenvalue weighted by Crippen LogP contribution is -2.21. The van der Waals surface area contributed by atoms with Crippen LogP contribution in [0.25, 0.3) is 11.4 Å². The maximum atomic E-state index is 11.9. The Morgan fingerprint density at radius 2 is 1.78 bits per heavy atom. The average Bonchev–Trinajstić information content (AvgIpc) is 3.06. The minimum atomic E-state index is -0.0139. The van der Waals surface area contributed by atoms with Crippen LogP contribution in [0.4, 0.5) is 0 Å². The van der Waals surface area contributed by atoms with Crippen LogP contribution in [0.1, 0.15) is 15.9 Å². The number of nitrogen functional groups attached to an aromatic ring is 1. The number of hydrogen-bond acceptors (Lipinski definition) is 6. The minimum absolute atomic E-state index is 0.0139. The van der Waals surface area contributed by atoms with Gasteiger partial charge in [-0.2, -0.15) is 0 Å². The normalized spacial score (nSPS) is 10.6. The second kappa shape index (κ2) is 8.13. The molecule has 3 rings (SSSR count). The van der Waals surface area contributed by atoms with Crippen molar-refractivity contribution in [1.82, 2.24) is 19.8 Å². The molecule has 0 unspecified atom stereocenters. The van der Waals surface area contributed by atoms with Gasteiger partial charge in [-0.15, -0.1) is 10.2 Å². The third-order valence-electron chi connectivity index (χ3n) is 3.99. The molecule has 0 saturated heterocycles. The first-order chi connectivity index (χ1) is 13.0. The number of carbonyl (C=O) groups is 1. The molecular formula is C19H21N5O2S. The van der Waals surface area contributed by atoms with Gasteiger partial charge in [-0.3, -0.25) is 4.79 Å². The first-order valence-electron chi connectivity index (χ1n) is 8.28. The molecule has 0 saturated carbocycles. The number of rotatable bonds is 6. The van der Waals surface area contributed by atoms with Gasteiger partial charge >= 0.3 is 0 Å². The number of benzene rings is 2. The minimum Gasteiger partial charge on any atom is -0.497 e. The van der Waals surface area contributed by atoms with E-state index in [1.807, 2.05) is 48.5 Å². The number of aromatic nitrogens is 3.